The fourth-order valence-electron chi connectivity index (χ4n) is 1.37. The summed E-state index contributed by atoms with van der Waals surface area (Å²) in [6.45, 7) is 2.00. The Morgan fingerprint density at radius 1 is 1.38 bits per heavy atom. The first-order chi connectivity index (χ1) is 6.18. The van der Waals surface area contributed by atoms with Gasteiger partial charge in [-0.3, -0.25) is 4.79 Å². The van der Waals surface area contributed by atoms with Crippen LogP contribution in [-0.2, 0) is 7.05 Å². The van der Waals surface area contributed by atoms with E-state index in [1.165, 1.54) is 0 Å². The third-order valence-corrected chi connectivity index (χ3v) is 2.28. The van der Waals surface area contributed by atoms with Gasteiger partial charge in [-0.1, -0.05) is 0 Å². The van der Waals surface area contributed by atoms with Gasteiger partial charge in [0.05, 0.1) is 5.69 Å². The number of pyridine rings is 2. The first kappa shape index (κ1) is 7.98. The highest BCUT2D eigenvalue weighted by molar-refractivity contribution is 5.59. The van der Waals surface area contributed by atoms with Crippen molar-refractivity contribution in [3.8, 4) is 11.3 Å². The molecule has 0 spiro atoms. The molecule has 0 atom stereocenters. The minimum Gasteiger partial charge on any atom is -0.348 e. The molecule has 2 aliphatic heterocycles. The summed E-state index contributed by atoms with van der Waals surface area (Å²) >= 11 is 0. The van der Waals surface area contributed by atoms with Gasteiger partial charge in [0.25, 0.3) is 5.56 Å². The Morgan fingerprint density at radius 2 is 2.15 bits per heavy atom. The Labute approximate surface area is 76.0 Å². The van der Waals surface area contributed by atoms with Crippen LogP contribution in [0.1, 0.15) is 5.69 Å². The van der Waals surface area contributed by atoms with Gasteiger partial charge in [0.2, 0.25) is 0 Å². The maximum atomic E-state index is 11.0. The number of rotatable bonds is 0. The monoisotopic (exact) mass is 174 g/mol. The Hall–Kier alpha value is -1.64. The van der Waals surface area contributed by atoms with Crippen molar-refractivity contribution < 1.29 is 0 Å². The van der Waals surface area contributed by atoms with Gasteiger partial charge >= 0.3 is 0 Å². The molecule has 0 N–H and O–H groups in total. The van der Waals surface area contributed by atoms with Crippen molar-refractivity contribution >= 4 is 0 Å². The van der Waals surface area contributed by atoms with Crippen LogP contribution in [0.4, 0.5) is 0 Å². The Kier molecular flexibility index (Phi) is 1.65. The minimum absolute atomic E-state index is 0.186. The molecule has 13 heavy (non-hydrogen) atoms. The van der Waals surface area contributed by atoms with Gasteiger partial charge in [0.1, 0.15) is 0 Å². The molecule has 0 amide bonds. The van der Waals surface area contributed by atoms with Crippen LogP contribution in [0.2, 0.25) is 0 Å². The van der Waals surface area contributed by atoms with E-state index in [0.29, 0.717) is 0 Å². The second-order valence-corrected chi connectivity index (χ2v) is 3.12. The average Bonchev–Trinajstić information content (AvgIpc) is 2.12. The summed E-state index contributed by atoms with van der Waals surface area (Å²) in [6, 6.07) is 5.54. The fourth-order valence-corrected chi connectivity index (χ4v) is 1.37. The van der Waals surface area contributed by atoms with Crippen molar-refractivity contribution in [3.63, 3.8) is 0 Å². The van der Waals surface area contributed by atoms with E-state index in [1.807, 2.05) is 30.7 Å². The van der Waals surface area contributed by atoms with E-state index in [9.17, 15) is 4.79 Å². The first-order valence-corrected chi connectivity index (χ1v) is 4.11. The molecule has 0 aliphatic carbocycles. The molecule has 2 rings (SSSR count). The van der Waals surface area contributed by atoms with Crippen LogP contribution >= 0.6 is 0 Å². The number of hydrogen-bond acceptors (Lipinski definition) is 2. The zero-order chi connectivity index (χ0) is 9.42. The summed E-state index contributed by atoms with van der Waals surface area (Å²) in [5, 5.41) is 0. The summed E-state index contributed by atoms with van der Waals surface area (Å²) in [4.78, 5) is 14.7. The standard InChI is InChI=1S/C10H10N2O/c1-7-3-4-8-6-11-10(13)5-9(8)12(7)2/h3-6H,1-2H3. The highest BCUT2D eigenvalue weighted by Crippen LogP contribution is 2.18. The Balaban J connectivity index is 2.89. The van der Waals surface area contributed by atoms with Crippen molar-refractivity contribution in [3.05, 3.63) is 40.4 Å². The quantitative estimate of drug-likeness (QED) is 0.601. The van der Waals surface area contributed by atoms with Gasteiger partial charge in [0, 0.05) is 30.6 Å². The van der Waals surface area contributed by atoms with Crippen LogP contribution in [0.25, 0.3) is 11.3 Å². The molecule has 0 aromatic heterocycles. The molecule has 0 unspecified atom stereocenters. The molecule has 2 heterocycles. The summed E-state index contributed by atoms with van der Waals surface area (Å²) in [5.41, 5.74) is 2.86. The van der Waals surface area contributed by atoms with E-state index in [4.69, 9.17) is 0 Å². The number of nitrogens with zero attached hydrogens (tertiary/aromatic N) is 2. The highest BCUT2D eigenvalue weighted by Gasteiger charge is 2.05. The van der Waals surface area contributed by atoms with Crippen molar-refractivity contribution in [1.82, 2.24) is 9.55 Å². The molecule has 0 aromatic rings. The molecule has 0 fully saturated rings. The van der Waals surface area contributed by atoms with Gasteiger partial charge in [-0.05, 0) is 19.1 Å². The molecule has 0 radical (unpaired) electrons. The second kappa shape index (κ2) is 2.69. The molecular weight excluding hydrogens is 164 g/mol. The number of aryl methyl sites for hydroxylation is 1. The molecule has 0 saturated carbocycles. The predicted octanol–water partition coefficient (Wildman–Crippen LogP) is 1.19. The first-order valence-electron chi connectivity index (χ1n) is 4.11. The van der Waals surface area contributed by atoms with Crippen molar-refractivity contribution in [1.29, 1.82) is 0 Å². The largest absolute Gasteiger partial charge is 0.348 e. The third kappa shape index (κ3) is 1.22. The van der Waals surface area contributed by atoms with Gasteiger partial charge in [-0.2, -0.15) is 0 Å². The lowest BCUT2D eigenvalue weighted by Crippen LogP contribution is -2.10. The molecule has 3 heteroatoms. The molecule has 0 bridgehead atoms. The summed E-state index contributed by atoms with van der Waals surface area (Å²) in [5.74, 6) is 0. The molecule has 2 aliphatic rings. The molecule has 66 valence electrons. The number of hydrogen-bond donors (Lipinski definition) is 0. The lowest BCUT2D eigenvalue weighted by molar-refractivity contribution is 0.861. The van der Waals surface area contributed by atoms with E-state index >= 15 is 0 Å². The third-order valence-electron chi connectivity index (χ3n) is 2.28. The van der Waals surface area contributed by atoms with Crippen molar-refractivity contribution in [2.45, 2.75) is 6.92 Å². The minimum atomic E-state index is -0.186. The van der Waals surface area contributed by atoms with E-state index in [1.54, 1.807) is 12.3 Å². The molecular formula is C10H10N2O. The van der Waals surface area contributed by atoms with E-state index in [0.717, 1.165) is 17.0 Å². The van der Waals surface area contributed by atoms with Gasteiger partial charge in [-0.25, -0.2) is 4.98 Å². The topological polar surface area (TPSA) is 34.9 Å². The molecule has 0 saturated heterocycles. The summed E-state index contributed by atoms with van der Waals surface area (Å²) < 4.78 is 1.98. The predicted molar refractivity (Wildman–Crippen MR) is 50.8 cm³/mol. The Morgan fingerprint density at radius 3 is 2.92 bits per heavy atom. The van der Waals surface area contributed by atoms with Crippen LogP contribution in [-0.4, -0.2) is 9.55 Å². The lowest BCUT2D eigenvalue weighted by Gasteiger charge is -2.12. The van der Waals surface area contributed by atoms with Crippen molar-refractivity contribution in [2.75, 3.05) is 0 Å². The normalized spacial score (nSPS) is 10.6. The summed E-state index contributed by atoms with van der Waals surface area (Å²) in [6.07, 6.45) is 1.61. The maximum Gasteiger partial charge on any atom is 0.271 e. The van der Waals surface area contributed by atoms with Crippen LogP contribution < -0.4 is 5.56 Å². The fraction of sp³-hybridized carbons (Fsp3) is 0.200. The second-order valence-electron chi connectivity index (χ2n) is 3.12. The smallest absolute Gasteiger partial charge is 0.271 e. The Bertz CT molecular complexity index is 473. The van der Waals surface area contributed by atoms with Gasteiger partial charge in [-0.15, -0.1) is 0 Å². The number of fused-ring (bicyclic) bond motifs is 1. The molecule has 3 nitrogen and oxygen atoms in total. The van der Waals surface area contributed by atoms with Crippen molar-refractivity contribution in [2.24, 2.45) is 7.05 Å². The van der Waals surface area contributed by atoms with E-state index in [-0.39, 0.29) is 5.56 Å². The van der Waals surface area contributed by atoms with E-state index < -0.39 is 0 Å². The van der Waals surface area contributed by atoms with Crippen LogP contribution in [0, 0.1) is 6.92 Å². The van der Waals surface area contributed by atoms with Crippen LogP contribution in [0.5, 0.6) is 0 Å². The highest BCUT2D eigenvalue weighted by atomic mass is 16.1. The zero-order valence-corrected chi connectivity index (χ0v) is 7.61. The lowest BCUT2D eigenvalue weighted by atomic mass is 10.1. The number of aromatic nitrogens is 2. The average molecular weight is 174 g/mol. The van der Waals surface area contributed by atoms with Crippen LogP contribution in [0.3, 0.4) is 0 Å². The zero-order valence-electron chi connectivity index (χ0n) is 7.61. The molecule has 0 aromatic carbocycles. The van der Waals surface area contributed by atoms with Crippen LogP contribution in [0.15, 0.2) is 29.2 Å². The van der Waals surface area contributed by atoms with Gasteiger partial charge < -0.3 is 4.57 Å². The van der Waals surface area contributed by atoms with E-state index in [2.05, 4.69) is 4.98 Å². The summed E-state index contributed by atoms with van der Waals surface area (Å²) in [7, 11) is 1.94. The SMILES string of the molecule is Cc1ccc2cnc(=O)cc-2n1C. The van der Waals surface area contributed by atoms with Gasteiger partial charge in [0.15, 0.2) is 0 Å². The maximum absolute atomic E-state index is 11.0.